The lowest BCUT2D eigenvalue weighted by molar-refractivity contribution is -0.143. The Morgan fingerprint density at radius 2 is 2.17 bits per heavy atom. The standard InChI is InChI=1S/C14H13F3N6O5S/c1-28-21-8(7-4-29-13(18)20-7)10(24)19-6-3-22-2-5(14(15,16)17)9(12(26)27)23(22)11(6)25/h4,6H,2-3H2,1H3,(H2,18,20)(H,19,24)(H,26,27)/b21-8+/t6-/m0/s1. The third-order valence-electron chi connectivity index (χ3n) is 4.03. The van der Waals surface area contributed by atoms with Gasteiger partial charge in [-0.2, -0.15) is 13.2 Å². The highest BCUT2D eigenvalue weighted by Gasteiger charge is 2.54. The molecule has 0 bridgehead atoms. The first-order chi connectivity index (χ1) is 13.5. The van der Waals surface area contributed by atoms with E-state index in [4.69, 9.17) is 10.8 Å². The maximum atomic E-state index is 13.1. The van der Waals surface area contributed by atoms with Gasteiger partial charge in [-0.15, -0.1) is 11.3 Å². The third-order valence-corrected chi connectivity index (χ3v) is 4.71. The van der Waals surface area contributed by atoms with E-state index in [2.05, 4.69) is 20.3 Å². The van der Waals surface area contributed by atoms with Crippen LogP contribution in [-0.4, -0.2) is 76.0 Å². The fraction of sp³-hybridized carbons (Fsp3) is 0.357. The van der Waals surface area contributed by atoms with Crippen molar-refractivity contribution in [3.8, 4) is 0 Å². The van der Waals surface area contributed by atoms with Crippen molar-refractivity contribution in [2.45, 2.75) is 12.2 Å². The topological polar surface area (TPSA) is 150 Å². The molecule has 0 spiro atoms. The van der Waals surface area contributed by atoms with Crippen LogP contribution >= 0.6 is 11.3 Å². The monoisotopic (exact) mass is 434 g/mol. The zero-order valence-electron chi connectivity index (χ0n) is 14.6. The molecule has 0 saturated carbocycles. The second kappa shape index (κ2) is 7.32. The van der Waals surface area contributed by atoms with Crippen molar-refractivity contribution >= 4 is 40.0 Å². The summed E-state index contributed by atoms with van der Waals surface area (Å²) in [5, 5.41) is 17.9. The highest BCUT2D eigenvalue weighted by Crippen LogP contribution is 2.38. The average Bonchev–Trinajstić information content (AvgIpc) is 3.28. The fourth-order valence-corrected chi connectivity index (χ4v) is 3.45. The summed E-state index contributed by atoms with van der Waals surface area (Å²) in [7, 11) is 1.17. The maximum Gasteiger partial charge on any atom is 0.416 e. The van der Waals surface area contributed by atoms with Gasteiger partial charge in [0.2, 0.25) is 0 Å². The van der Waals surface area contributed by atoms with Crippen molar-refractivity contribution < 1.29 is 37.5 Å². The number of halogens is 3. The lowest BCUT2D eigenvalue weighted by Crippen LogP contribution is -2.46. The Kier molecular flexibility index (Phi) is 5.18. The van der Waals surface area contributed by atoms with Crippen molar-refractivity contribution in [2.24, 2.45) is 5.16 Å². The van der Waals surface area contributed by atoms with Gasteiger partial charge in [0.15, 0.2) is 16.5 Å². The van der Waals surface area contributed by atoms with Crippen molar-refractivity contribution in [3.63, 3.8) is 0 Å². The fourth-order valence-electron chi connectivity index (χ4n) is 2.90. The number of rotatable bonds is 5. The Balaban J connectivity index is 1.82. The van der Waals surface area contributed by atoms with Crippen LogP contribution in [0.25, 0.3) is 0 Å². The van der Waals surface area contributed by atoms with Gasteiger partial charge in [0.1, 0.15) is 18.8 Å². The van der Waals surface area contributed by atoms with E-state index in [1.807, 2.05) is 0 Å². The number of carbonyl (C=O) groups excluding carboxylic acids is 2. The molecule has 1 aromatic heterocycles. The lowest BCUT2D eigenvalue weighted by atomic mass is 10.1. The normalized spacial score (nSPS) is 20.3. The molecule has 0 unspecified atom stereocenters. The quantitative estimate of drug-likeness (QED) is 0.416. The third kappa shape index (κ3) is 3.73. The van der Waals surface area contributed by atoms with Gasteiger partial charge in [-0.25, -0.2) is 19.8 Å². The molecule has 2 aliphatic heterocycles. The Bertz CT molecular complexity index is 942. The predicted octanol–water partition coefficient (Wildman–Crippen LogP) is -0.466. The zero-order chi connectivity index (χ0) is 21.5. The van der Waals surface area contributed by atoms with E-state index in [1.165, 1.54) is 12.5 Å². The number of nitrogens with one attached hydrogen (secondary N) is 1. The van der Waals surface area contributed by atoms with E-state index in [9.17, 15) is 27.6 Å². The molecule has 2 aliphatic rings. The second-order valence-corrected chi connectivity index (χ2v) is 6.74. The number of hydrazine groups is 1. The summed E-state index contributed by atoms with van der Waals surface area (Å²) in [5.74, 6) is -3.82. The first-order valence-electron chi connectivity index (χ1n) is 7.80. The number of anilines is 1. The number of alkyl halides is 3. The zero-order valence-corrected chi connectivity index (χ0v) is 15.4. The van der Waals surface area contributed by atoms with Gasteiger partial charge in [0.05, 0.1) is 12.1 Å². The van der Waals surface area contributed by atoms with Crippen LogP contribution in [0.3, 0.4) is 0 Å². The molecular formula is C14H13F3N6O5S. The summed E-state index contributed by atoms with van der Waals surface area (Å²) >= 11 is 1.03. The van der Waals surface area contributed by atoms with Gasteiger partial charge in [-0.1, -0.05) is 5.16 Å². The van der Waals surface area contributed by atoms with Crippen LogP contribution in [0.5, 0.6) is 0 Å². The SMILES string of the molecule is CO/N=C(/C(=O)N[C@H]1CN2CC(C(F)(F)F)=C(C(=O)O)N2C1=O)c1csc(N)n1. The van der Waals surface area contributed by atoms with E-state index in [-0.39, 0.29) is 23.1 Å². The number of aromatic nitrogens is 1. The molecule has 3 rings (SSSR count). The van der Waals surface area contributed by atoms with Crippen molar-refractivity contribution in [2.75, 3.05) is 25.9 Å². The molecule has 3 heterocycles. The van der Waals surface area contributed by atoms with E-state index >= 15 is 0 Å². The molecule has 15 heteroatoms. The maximum absolute atomic E-state index is 13.1. The van der Waals surface area contributed by atoms with E-state index in [1.54, 1.807) is 0 Å². The molecular weight excluding hydrogens is 421 g/mol. The number of amides is 2. The van der Waals surface area contributed by atoms with Crippen molar-refractivity contribution in [3.05, 3.63) is 22.3 Å². The van der Waals surface area contributed by atoms with Crippen LogP contribution in [0.4, 0.5) is 18.3 Å². The second-order valence-electron chi connectivity index (χ2n) is 5.85. The smallest absolute Gasteiger partial charge is 0.416 e. The Labute approximate surface area is 164 Å². The first-order valence-corrected chi connectivity index (χ1v) is 8.68. The number of oxime groups is 1. The number of carboxylic acid groups (broad SMARTS) is 1. The number of hydrogen-bond acceptors (Lipinski definition) is 9. The van der Waals surface area contributed by atoms with Crippen LogP contribution in [-0.2, 0) is 19.2 Å². The number of carbonyl (C=O) groups is 3. The number of nitrogens with zero attached hydrogens (tertiary/aromatic N) is 4. The molecule has 1 fully saturated rings. The van der Waals surface area contributed by atoms with Crippen LogP contribution < -0.4 is 11.1 Å². The molecule has 11 nitrogen and oxygen atoms in total. The summed E-state index contributed by atoms with van der Waals surface area (Å²) in [6.07, 6.45) is -4.92. The molecule has 0 aromatic carbocycles. The Morgan fingerprint density at radius 1 is 1.48 bits per heavy atom. The highest BCUT2D eigenvalue weighted by molar-refractivity contribution is 7.13. The average molecular weight is 434 g/mol. The van der Waals surface area contributed by atoms with Gasteiger partial charge < -0.3 is 21.0 Å². The van der Waals surface area contributed by atoms with Crippen molar-refractivity contribution in [1.82, 2.24) is 20.3 Å². The molecule has 1 aromatic rings. The predicted molar refractivity (Wildman–Crippen MR) is 91.1 cm³/mol. The molecule has 4 N–H and O–H groups in total. The largest absolute Gasteiger partial charge is 0.477 e. The summed E-state index contributed by atoms with van der Waals surface area (Å²) in [4.78, 5) is 44.8. The Hall–Kier alpha value is -3.20. The minimum absolute atomic E-state index is 0.0728. The summed E-state index contributed by atoms with van der Waals surface area (Å²) in [6.45, 7) is -1.19. The number of nitrogens with two attached hydrogens (primary N) is 1. The number of aliphatic carboxylic acids is 1. The van der Waals surface area contributed by atoms with Gasteiger partial charge in [0.25, 0.3) is 11.8 Å². The van der Waals surface area contributed by atoms with Crippen LogP contribution in [0.2, 0.25) is 0 Å². The highest BCUT2D eigenvalue weighted by atomic mass is 32.1. The van der Waals surface area contributed by atoms with E-state index < -0.39 is 47.8 Å². The minimum Gasteiger partial charge on any atom is -0.477 e. The van der Waals surface area contributed by atoms with Gasteiger partial charge in [-0.05, 0) is 0 Å². The molecule has 29 heavy (non-hydrogen) atoms. The molecule has 2 amide bonds. The summed E-state index contributed by atoms with van der Waals surface area (Å²) in [5.41, 5.74) is 2.75. The summed E-state index contributed by atoms with van der Waals surface area (Å²) < 4.78 is 39.3. The van der Waals surface area contributed by atoms with Gasteiger partial charge >= 0.3 is 12.1 Å². The van der Waals surface area contributed by atoms with Crippen molar-refractivity contribution in [1.29, 1.82) is 0 Å². The molecule has 1 saturated heterocycles. The van der Waals surface area contributed by atoms with Crippen LogP contribution in [0.1, 0.15) is 5.69 Å². The molecule has 0 aliphatic carbocycles. The molecule has 0 radical (unpaired) electrons. The Morgan fingerprint density at radius 3 is 2.69 bits per heavy atom. The van der Waals surface area contributed by atoms with Crippen LogP contribution in [0, 0.1) is 0 Å². The van der Waals surface area contributed by atoms with E-state index in [0.717, 1.165) is 16.3 Å². The first kappa shape index (κ1) is 20.5. The van der Waals surface area contributed by atoms with E-state index in [0.29, 0.717) is 5.01 Å². The summed E-state index contributed by atoms with van der Waals surface area (Å²) in [6, 6.07) is -1.30. The number of nitrogen functional groups attached to an aromatic ring is 1. The number of carboxylic acids is 1. The number of hydrogen-bond donors (Lipinski definition) is 3. The van der Waals surface area contributed by atoms with Gasteiger partial charge in [0, 0.05) is 11.9 Å². The minimum atomic E-state index is -4.92. The lowest BCUT2D eigenvalue weighted by Gasteiger charge is -2.19. The van der Waals surface area contributed by atoms with Gasteiger partial charge in [-0.3, -0.25) is 9.59 Å². The van der Waals surface area contributed by atoms with Crippen LogP contribution in [0.15, 0.2) is 21.8 Å². The number of fused-ring (bicyclic) bond motifs is 1. The molecule has 1 atom stereocenters. The molecule has 156 valence electrons. The number of thiazole rings is 1.